The largest absolute Gasteiger partial charge is 0.449 e. The summed E-state index contributed by atoms with van der Waals surface area (Å²) >= 11 is 0. The molecule has 0 bridgehead atoms. The molecule has 2 heterocycles. The molecule has 0 saturated heterocycles. The summed E-state index contributed by atoms with van der Waals surface area (Å²) in [5.41, 5.74) is 7.02. The first-order chi connectivity index (χ1) is 18.2. The Morgan fingerprint density at radius 2 is 1.57 bits per heavy atom. The number of benzene rings is 3. The Bertz CT molecular complexity index is 1570. The van der Waals surface area contributed by atoms with E-state index in [1.54, 1.807) is 24.3 Å². The molecule has 0 aliphatic heterocycles. The molecule has 1 aliphatic rings. The van der Waals surface area contributed by atoms with Crippen LogP contribution in [0.3, 0.4) is 0 Å². The average molecular weight is 491 g/mol. The van der Waals surface area contributed by atoms with Crippen LogP contribution < -0.4 is 10.6 Å². The number of nitrogens with one attached hydrogen (secondary N) is 3. The number of amides is 2. The molecule has 9 heteroatoms. The lowest BCUT2D eigenvalue weighted by atomic mass is 9.98. The van der Waals surface area contributed by atoms with E-state index in [1.165, 1.54) is 34.9 Å². The van der Waals surface area contributed by atoms with Crippen LogP contribution in [0.2, 0.25) is 0 Å². The summed E-state index contributed by atoms with van der Waals surface area (Å²) in [5.74, 6) is 0.0490. The zero-order chi connectivity index (χ0) is 25.2. The normalized spacial score (nSPS) is 12.1. The number of nitrogens with zero attached hydrogens (tertiary/aromatic N) is 3. The number of ether oxygens (including phenoxy) is 1. The second kappa shape index (κ2) is 9.54. The second-order valence-corrected chi connectivity index (χ2v) is 8.65. The molecule has 1 aliphatic carbocycles. The zero-order valence-electron chi connectivity index (χ0n) is 19.6. The van der Waals surface area contributed by atoms with E-state index in [0.29, 0.717) is 22.5 Å². The number of imidazole rings is 1. The molecule has 2 amide bonds. The van der Waals surface area contributed by atoms with Crippen LogP contribution in [0.25, 0.3) is 22.3 Å². The number of aromatic nitrogens is 4. The summed E-state index contributed by atoms with van der Waals surface area (Å²) < 4.78 is 5.58. The van der Waals surface area contributed by atoms with E-state index in [4.69, 9.17) is 4.74 Å². The van der Waals surface area contributed by atoms with Gasteiger partial charge in [0.15, 0.2) is 11.5 Å². The Hall–Kier alpha value is -5.05. The molecule has 182 valence electrons. The summed E-state index contributed by atoms with van der Waals surface area (Å²) in [5, 5.41) is 5.55. The molecule has 3 aromatic carbocycles. The highest BCUT2D eigenvalue weighted by Gasteiger charge is 2.28. The lowest BCUT2D eigenvalue weighted by Crippen LogP contribution is -2.25. The summed E-state index contributed by atoms with van der Waals surface area (Å²) in [7, 11) is 0. The standard InChI is InChI=1S/C28H22N6O3/c35-27(34-26-24-25(31-15-30-24)32-16-33-26)18-11-9-17(10-12-18)13-29-28(36)37-14-23-21-7-3-1-5-19(21)20-6-2-4-8-22(20)23/h1-12,15-16,23H,13-14H2,(H,29,36)(H2,30,31,32,33,34,35). The maximum atomic E-state index is 12.6. The zero-order valence-corrected chi connectivity index (χ0v) is 19.6. The lowest BCUT2D eigenvalue weighted by Gasteiger charge is -2.14. The first-order valence-electron chi connectivity index (χ1n) is 11.8. The van der Waals surface area contributed by atoms with Gasteiger partial charge in [-0.25, -0.2) is 19.7 Å². The third-order valence-corrected chi connectivity index (χ3v) is 6.45. The Labute approximate surface area is 212 Å². The number of aromatic amines is 1. The first kappa shape index (κ1) is 22.4. The van der Waals surface area contributed by atoms with Crippen molar-refractivity contribution in [2.45, 2.75) is 12.5 Å². The van der Waals surface area contributed by atoms with Crippen molar-refractivity contribution < 1.29 is 14.3 Å². The van der Waals surface area contributed by atoms with Crippen LogP contribution >= 0.6 is 0 Å². The highest BCUT2D eigenvalue weighted by molar-refractivity contribution is 6.06. The first-order valence-corrected chi connectivity index (χ1v) is 11.8. The van der Waals surface area contributed by atoms with Gasteiger partial charge in [-0.2, -0.15) is 0 Å². The molecule has 2 aromatic heterocycles. The van der Waals surface area contributed by atoms with Gasteiger partial charge in [0.2, 0.25) is 0 Å². The number of anilines is 1. The molecule has 0 spiro atoms. The molecule has 37 heavy (non-hydrogen) atoms. The average Bonchev–Trinajstić information content (AvgIpc) is 3.55. The van der Waals surface area contributed by atoms with Gasteiger partial charge in [-0.05, 0) is 39.9 Å². The SMILES string of the molecule is O=C(NCc1ccc(C(=O)Nc2ncnc3nc[nH]c23)cc1)OCC1c2ccccc2-c2ccccc21. The van der Waals surface area contributed by atoms with Crippen molar-refractivity contribution in [1.29, 1.82) is 0 Å². The van der Waals surface area contributed by atoms with E-state index in [2.05, 4.69) is 54.8 Å². The summed E-state index contributed by atoms with van der Waals surface area (Å²) in [6, 6.07) is 23.4. The van der Waals surface area contributed by atoms with Crippen molar-refractivity contribution in [2.75, 3.05) is 11.9 Å². The molecule has 0 saturated carbocycles. The summed E-state index contributed by atoms with van der Waals surface area (Å²) in [4.78, 5) is 40.2. The van der Waals surface area contributed by atoms with Crippen molar-refractivity contribution >= 4 is 29.0 Å². The molecule has 9 nitrogen and oxygen atoms in total. The highest BCUT2D eigenvalue weighted by atomic mass is 16.5. The van der Waals surface area contributed by atoms with Crippen molar-refractivity contribution in [3.05, 3.63) is 108 Å². The van der Waals surface area contributed by atoms with E-state index in [-0.39, 0.29) is 25.0 Å². The molecular weight excluding hydrogens is 468 g/mol. The molecule has 0 unspecified atom stereocenters. The molecule has 6 rings (SSSR count). The van der Waals surface area contributed by atoms with Gasteiger partial charge in [-0.1, -0.05) is 60.7 Å². The Kier molecular flexibility index (Phi) is 5.78. The number of hydrogen-bond acceptors (Lipinski definition) is 6. The quantitative estimate of drug-likeness (QED) is 0.319. The van der Waals surface area contributed by atoms with Crippen LogP contribution in [0, 0.1) is 0 Å². The van der Waals surface area contributed by atoms with Crippen molar-refractivity contribution in [2.24, 2.45) is 0 Å². The predicted molar refractivity (Wildman–Crippen MR) is 138 cm³/mol. The summed E-state index contributed by atoms with van der Waals surface area (Å²) in [6.45, 7) is 0.533. The van der Waals surface area contributed by atoms with Crippen molar-refractivity contribution in [3.8, 4) is 11.1 Å². The second-order valence-electron chi connectivity index (χ2n) is 8.65. The predicted octanol–water partition coefficient (Wildman–Crippen LogP) is 4.64. The molecule has 5 aromatic rings. The topological polar surface area (TPSA) is 122 Å². The van der Waals surface area contributed by atoms with Crippen LogP contribution in [0.4, 0.5) is 10.6 Å². The van der Waals surface area contributed by atoms with Gasteiger partial charge in [0.05, 0.1) is 6.33 Å². The van der Waals surface area contributed by atoms with Crippen LogP contribution in [0.15, 0.2) is 85.5 Å². The molecule has 0 fully saturated rings. The Morgan fingerprint density at radius 3 is 2.30 bits per heavy atom. The van der Waals surface area contributed by atoms with Crippen molar-refractivity contribution in [1.82, 2.24) is 25.3 Å². The molecule has 0 atom stereocenters. The smallest absolute Gasteiger partial charge is 0.407 e. The highest BCUT2D eigenvalue weighted by Crippen LogP contribution is 2.44. The van der Waals surface area contributed by atoms with Crippen LogP contribution in [0.5, 0.6) is 0 Å². The lowest BCUT2D eigenvalue weighted by molar-refractivity contribution is 0.102. The number of rotatable bonds is 6. The van der Waals surface area contributed by atoms with Gasteiger partial charge in [0, 0.05) is 18.0 Å². The third kappa shape index (κ3) is 4.38. The van der Waals surface area contributed by atoms with Gasteiger partial charge < -0.3 is 20.4 Å². The minimum absolute atomic E-state index is 0.00817. The minimum atomic E-state index is -0.490. The van der Waals surface area contributed by atoms with E-state index in [9.17, 15) is 9.59 Å². The van der Waals surface area contributed by atoms with Crippen molar-refractivity contribution in [3.63, 3.8) is 0 Å². The van der Waals surface area contributed by atoms with Gasteiger partial charge in [0.25, 0.3) is 5.91 Å². The fourth-order valence-electron chi connectivity index (χ4n) is 4.64. The van der Waals surface area contributed by atoms with Gasteiger partial charge in [0.1, 0.15) is 18.5 Å². The molecule has 3 N–H and O–H groups in total. The number of H-pyrrole nitrogens is 1. The molecular formula is C28H22N6O3. The monoisotopic (exact) mass is 490 g/mol. The number of hydrogen-bond donors (Lipinski definition) is 3. The third-order valence-electron chi connectivity index (χ3n) is 6.45. The Balaban J connectivity index is 1.04. The van der Waals surface area contributed by atoms with E-state index < -0.39 is 6.09 Å². The van der Waals surface area contributed by atoms with E-state index >= 15 is 0 Å². The maximum absolute atomic E-state index is 12.6. The number of carbonyl (C=O) groups is 2. The molecule has 0 radical (unpaired) electrons. The van der Waals surface area contributed by atoms with Crippen LogP contribution in [-0.2, 0) is 11.3 Å². The van der Waals surface area contributed by atoms with Gasteiger partial charge in [-0.15, -0.1) is 0 Å². The fraction of sp³-hybridized carbons (Fsp3) is 0.107. The van der Waals surface area contributed by atoms with E-state index in [0.717, 1.165) is 5.56 Å². The number of alkyl carbamates (subject to hydrolysis) is 1. The van der Waals surface area contributed by atoms with Gasteiger partial charge in [-0.3, -0.25) is 4.79 Å². The maximum Gasteiger partial charge on any atom is 0.407 e. The van der Waals surface area contributed by atoms with Gasteiger partial charge >= 0.3 is 6.09 Å². The number of fused-ring (bicyclic) bond motifs is 4. The van der Waals surface area contributed by atoms with Crippen LogP contribution in [-0.4, -0.2) is 38.5 Å². The van der Waals surface area contributed by atoms with Crippen LogP contribution in [0.1, 0.15) is 33.0 Å². The van der Waals surface area contributed by atoms with E-state index in [1.807, 2.05) is 24.3 Å². The fourth-order valence-corrected chi connectivity index (χ4v) is 4.64. The number of carbonyl (C=O) groups excluding carboxylic acids is 2. The summed E-state index contributed by atoms with van der Waals surface area (Å²) in [6.07, 6.45) is 2.35. The minimum Gasteiger partial charge on any atom is -0.449 e. The Morgan fingerprint density at radius 1 is 0.865 bits per heavy atom.